The van der Waals surface area contributed by atoms with Crippen LogP contribution >= 0.6 is 0 Å². The second kappa shape index (κ2) is 9.94. The van der Waals surface area contributed by atoms with Gasteiger partial charge < -0.3 is 4.57 Å². The summed E-state index contributed by atoms with van der Waals surface area (Å²) >= 11 is 0. The summed E-state index contributed by atoms with van der Waals surface area (Å²) in [5, 5.41) is 11.7. The molecule has 1 aromatic heterocycles. The van der Waals surface area contributed by atoms with Crippen molar-refractivity contribution >= 4 is 39.3 Å². The van der Waals surface area contributed by atoms with Crippen LogP contribution in [0.15, 0.2) is 140 Å². The summed E-state index contributed by atoms with van der Waals surface area (Å²) < 4.78 is 2.00. The number of imide groups is 1. The molecule has 0 atom stereocenters. The molecule has 6 aromatic carbocycles. The lowest BCUT2D eigenvalue weighted by Gasteiger charge is -2.23. The molecule has 206 valence electrons. The zero-order valence-corrected chi connectivity index (χ0v) is 23.4. The third-order valence-electron chi connectivity index (χ3n) is 8.37. The van der Waals surface area contributed by atoms with Crippen LogP contribution < -0.4 is 4.90 Å². The van der Waals surface area contributed by atoms with E-state index in [4.69, 9.17) is 0 Å². The number of anilines is 1. The van der Waals surface area contributed by atoms with Crippen molar-refractivity contribution < 1.29 is 9.59 Å². The third-order valence-corrected chi connectivity index (χ3v) is 8.37. The molecule has 0 radical (unpaired) electrons. The molecule has 0 unspecified atom stereocenters. The lowest BCUT2D eigenvalue weighted by atomic mass is 9.95. The molecule has 0 bridgehead atoms. The first-order valence-corrected chi connectivity index (χ1v) is 14.3. The molecule has 0 N–H and O–H groups in total. The summed E-state index contributed by atoms with van der Waals surface area (Å²) in [6.45, 7) is 0. The Balaban J connectivity index is 1.40. The van der Waals surface area contributed by atoms with E-state index in [1.807, 2.05) is 132 Å². The van der Waals surface area contributed by atoms with Crippen molar-refractivity contribution in [2.45, 2.75) is 0 Å². The van der Waals surface area contributed by atoms with Crippen LogP contribution in [-0.2, 0) is 0 Å². The highest BCUT2D eigenvalue weighted by Crippen LogP contribution is 2.44. The van der Waals surface area contributed by atoms with E-state index in [0.717, 1.165) is 44.1 Å². The molecule has 7 aromatic rings. The zero-order chi connectivity index (χ0) is 29.8. The summed E-state index contributed by atoms with van der Waals surface area (Å²) in [6, 6.07) is 46.7. The Bertz CT molecular complexity index is 2270. The molecule has 0 spiro atoms. The lowest BCUT2D eigenvalue weighted by molar-refractivity contribution is 0.0926. The van der Waals surface area contributed by atoms with Gasteiger partial charge in [0.25, 0.3) is 11.8 Å². The van der Waals surface area contributed by atoms with Gasteiger partial charge in [-0.1, -0.05) is 109 Å². The minimum atomic E-state index is -0.386. The Kier molecular flexibility index (Phi) is 5.75. The van der Waals surface area contributed by atoms with Crippen LogP contribution in [0.25, 0.3) is 49.7 Å². The summed E-state index contributed by atoms with van der Waals surface area (Å²) in [5.74, 6) is -0.755. The van der Waals surface area contributed by atoms with Crippen molar-refractivity contribution in [3.05, 3.63) is 156 Å². The largest absolute Gasteiger partial charge is 0.308 e. The van der Waals surface area contributed by atoms with Crippen LogP contribution in [0, 0.1) is 11.3 Å². The number of benzene rings is 6. The number of nitriles is 1. The van der Waals surface area contributed by atoms with Gasteiger partial charge in [0.1, 0.15) is 0 Å². The number of aromatic nitrogens is 1. The molecule has 0 fully saturated rings. The molecule has 0 saturated carbocycles. The second-order valence-corrected chi connectivity index (χ2v) is 10.8. The number of nitrogens with zero attached hydrogens (tertiary/aromatic N) is 3. The van der Waals surface area contributed by atoms with Gasteiger partial charge in [0, 0.05) is 21.9 Å². The average molecular weight is 566 g/mol. The zero-order valence-electron chi connectivity index (χ0n) is 23.4. The number of hydrogen-bond acceptors (Lipinski definition) is 3. The van der Waals surface area contributed by atoms with Gasteiger partial charge >= 0.3 is 0 Å². The fraction of sp³-hybridized carbons (Fsp3) is 0. The molecule has 5 nitrogen and oxygen atoms in total. The van der Waals surface area contributed by atoms with E-state index in [9.17, 15) is 14.9 Å². The average Bonchev–Trinajstić information content (AvgIpc) is 3.55. The molecule has 0 saturated heterocycles. The van der Waals surface area contributed by atoms with Crippen LogP contribution in [-0.4, -0.2) is 16.4 Å². The maximum Gasteiger partial charge on any atom is 0.268 e. The standard InChI is InChI=1S/C39H23N3O2/c40-24-25-21-22-31-30-15-7-8-19-33(30)41(35(31)23-25)34-20-10-18-32-36(34)39(44)42(38(32)43)37-28(26-11-3-1-4-12-26)16-9-17-29(37)27-13-5-2-6-14-27/h1-23H. The first-order valence-electron chi connectivity index (χ1n) is 14.3. The first kappa shape index (κ1) is 25.5. The fourth-order valence-corrected chi connectivity index (χ4v) is 6.44. The summed E-state index contributed by atoms with van der Waals surface area (Å²) in [5.41, 5.74) is 7.43. The molecule has 8 rings (SSSR count). The summed E-state index contributed by atoms with van der Waals surface area (Å²) in [4.78, 5) is 30.4. The minimum absolute atomic E-state index is 0.337. The van der Waals surface area contributed by atoms with Crippen molar-refractivity contribution in [1.82, 2.24) is 4.57 Å². The number of para-hydroxylation sites is 2. The van der Waals surface area contributed by atoms with E-state index in [1.165, 1.54) is 4.90 Å². The second-order valence-electron chi connectivity index (χ2n) is 10.8. The predicted molar refractivity (Wildman–Crippen MR) is 174 cm³/mol. The highest BCUT2D eigenvalue weighted by Gasteiger charge is 2.41. The smallest absolute Gasteiger partial charge is 0.268 e. The molecule has 1 aliphatic rings. The van der Waals surface area contributed by atoms with Crippen molar-refractivity contribution in [3.63, 3.8) is 0 Å². The number of fused-ring (bicyclic) bond motifs is 4. The highest BCUT2D eigenvalue weighted by atomic mass is 16.2. The first-order chi connectivity index (χ1) is 21.7. The molecule has 44 heavy (non-hydrogen) atoms. The summed E-state index contributed by atoms with van der Waals surface area (Å²) in [6.07, 6.45) is 0. The van der Waals surface area contributed by atoms with E-state index in [2.05, 4.69) is 6.07 Å². The topological polar surface area (TPSA) is 66.1 Å². The van der Waals surface area contributed by atoms with E-state index >= 15 is 0 Å². The van der Waals surface area contributed by atoms with Crippen LogP contribution in [0.5, 0.6) is 0 Å². The van der Waals surface area contributed by atoms with Crippen molar-refractivity contribution in [1.29, 1.82) is 5.26 Å². The van der Waals surface area contributed by atoms with Gasteiger partial charge in [-0.15, -0.1) is 0 Å². The van der Waals surface area contributed by atoms with Gasteiger partial charge in [-0.25, -0.2) is 4.90 Å². The SMILES string of the molecule is N#Cc1ccc2c3ccccc3n(-c3cccc4c3C(=O)N(c3c(-c5ccccc5)cccc3-c3ccccc3)C4=O)c2c1. The fourth-order valence-electron chi connectivity index (χ4n) is 6.44. The normalized spacial score (nSPS) is 12.6. The molecule has 5 heteroatoms. The van der Waals surface area contributed by atoms with Gasteiger partial charge in [-0.05, 0) is 41.5 Å². The monoisotopic (exact) mass is 565 g/mol. The number of carbonyl (C=O) groups is 2. The maximum absolute atomic E-state index is 14.7. The van der Waals surface area contributed by atoms with Gasteiger partial charge in [-0.3, -0.25) is 9.59 Å². The van der Waals surface area contributed by atoms with Gasteiger partial charge in [-0.2, -0.15) is 5.26 Å². The van der Waals surface area contributed by atoms with Crippen LogP contribution in [0.4, 0.5) is 5.69 Å². The van der Waals surface area contributed by atoms with Crippen LogP contribution in [0.1, 0.15) is 26.3 Å². The van der Waals surface area contributed by atoms with Crippen molar-refractivity contribution in [2.24, 2.45) is 0 Å². The predicted octanol–water partition coefficient (Wildman–Crippen LogP) is 8.79. The number of carbonyl (C=O) groups excluding carboxylic acids is 2. The third kappa shape index (κ3) is 3.72. The lowest BCUT2D eigenvalue weighted by Crippen LogP contribution is -2.30. The van der Waals surface area contributed by atoms with E-state index in [0.29, 0.717) is 28.1 Å². The molecular weight excluding hydrogens is 542 g/mol. The Labute approximate surface area is 253 Å². The van der Waals surface area contributed by atoms with E-state index in [-0.39, 0.29) is 11.8 Å². The number of rotatable bonds is 4. The quantitative estimate of drug-likeness (QED) is 0.200. The van der Waals surface area contributed by atoms with E-state index in [1.54, 1.807) is 12.1 Å². The van der Waals surface area contributed by atoms with Gasteiger partial charge in [0.05, 0.1) is 45.2 Å². The van der Waals surface area contributed by atoms with E-state index < -0.39 is 0 Å². The Morgan fingerprint density at radius 1 is 0.523 bits per heavy atom. The van der Waals surface area contributed by atoms with Crippen molar-refractivity contribution in [2.75, 3.05) is 4.90 Å². The number of hydrogen-bond donors (Lipinski definition) is 0. The van der Waals surface area contributed by atoms with Crippen LogP contribution in [0.2, 0.25) is 0 Å². The minimum Gasteiger partial charge on any atom is -0.308 e. The maximum atomic E-state index is 14.7. The Morgan fingerprint density at radius 3 is 1.80 bits per heavy atom. The van der Waals surface area contributed by atoms with Crippen LogP contribution in [0.3, 0.4) is 0 Å². The molecule has 0 aliphatic carbocycles. The summed E-state index contributed by atoms with van der Waals surface area (Å²) in [7, 11) is 0. The number of amides is 2. The molecule has 1 aliphatic heterocycles. The molecule has 2 amide bonds. The molecule has 2 heterocycles. The highest BCUT2D eigenvalue weighted by molar-refractivity contribution is 6.37. The Hall–Kier alpha value is -6.25. The van der Waals surface area contributed by atoms with Crippen molar-refractivity contribution in [3.8, 4) is 34.0 Å². The van der Waals surface area contributed by atoms with Gasteiger partial charge in [0.2, 0.25) is 0 Å². The molecular formula is C39H23N3O2. The van der Waals surface area contributed by atoms with Gasteiger partial charge in [0.15, 0.2) is 0 Å². The Morgan fingerprint density at radius 2 is 1.11 bits per heavy atom.